The molecule has 0 heterocycles. The fourth-order valence-corrected chi connectivity index (χ4v) is 4.32. The van der Waals surface area contributed by atoms with Crippen LogP contribution in [0, 0.1) is 0 Å². The Labute approximate surface area is 110 Å². The molecule has 0 spiro atoms. The van der Waals surface area contributed by atoms with E-state index in [1.807, 2.05) is 0 Å². The summed E-state index contributed by atoms with van der Waals surface area (Å²) in [5, 5.41) is 1.58. The third-order valence-electron chi connectivity index (χ3n) is 3.05. The van der Waals surface area contributed by atoms with E-state index in [0.717, 1.165) is 10.4 Å². The molecule has 1 rings (SSSR count). The maximum atomic E-state index is 10.3. The fraction of sp³-hybridized carbons (Fsp3) is 0. The molecule has 4 heteroatoms. The summed E-state index contributed by atoms with van der Waals surface area (Å²) in [7, 11) is -5.53. The summed E-state index contributed by atoms with van der Waals surface area (Å²) in [6.07, 6.45) is 0. The van der Waals surface area contributed by atoms with Gasteiger partial charge in [0.05, 0.1) is 0 Å². The van der Waals surface area contributed by atoms with Crippen LogP contribution in [-0.2, 0) is 0 Å². The summed E-state index contributed by atoms with van der Waals surface area (Å²) >= 11 is 0. The highest BCUT2D eigenvalue weighted by Crippen LogP contribution is 2.05. The predicted octanol–water partition coefficient (Wildman–Crippen LogP) is 0.877. The smallest absolute Gasteiger partial charge is 0.269 e. The highest BCUT2D eigenvalue weighted by molar-refractivity contribution is 6.95. The lowest BCUT2D eigenvalue weighted by molar-refractivity contribution is 0.579. The summed E-state index contributed by atoms with van der Waals surface area (Å²) in [4.78, 5) is 20.6. The molecule has 1 aromatic carbocycles. The zero-order valence-corrected chi connectivity index (χ0v) is 12.3. The van der Waals surface area contributed by atoms with Crippen molar-refractivity contribution in [3.05, 3.63) is 73.4 Å². The van der Waals surface area contributed by atoms with E-state index in [-0.39, 0.29) is 0 Å². The van der Waals surface area contributed by atoms with Crippen molar-refractivity contribution in [3.8, 4) is 0 Å². The summed E-state index contributed by atoms with van der Waals surface area (Å²) < 4.78 is 0. The Balaban J connectivity index is 3.22. The van der Waals surface area contributed by atoms with Gasteiger partial charge in [-0.1, -0.05) is 47.1 Å². The van der Waals surface area contributed by atoms with Gasteiger partial charge < -0.3 is 9.59 Å². The van der Waals surface area contributed by atoms with Crippen LogP contribution in [0.2, 0.25) is 0 Å². The third-order valence-corrected chi connectivity index (χ3v) is 8.06. The Morgan fingerprint density at radius 3 is 1.06 bits per heavy atom. The van der Waals surface area contributed by atoms with Crippen molar-refractivity contribution in [2.75, 3.05) is 0 Å². The monoisotopic (exact) mass is 274 g/mol. The molecule has 0 unspecified atom stereocenters. The molecule has 0 radical (unpaired) electrons. The van der Waals surface area contributed by atoms with E-state index in [0.29, 0.717) is 0 Å². The van der Waals surface area contributed by atoms with Crippen LogP contribution < -0.4 is 10.4 Å². The normalized spacial score (nSPS) is 11.7. The Kier molecular flexibility index (Phi) is 4.42. The fourth-order valence-electron chi connectivity index (χ4n) is 1.64. The Morgan fingerprint density at radius 1 is 0.667 bits per heavy atom. The first kappa shape index (κ1) is 14.6. The van der Waals surface area contributed by atoms with Gasteiger partial charge in [-0.3, -0.25) is 0 Å². The van der Waals surface area contributed by atoms with E-state index in [1.165, 1.54) is 0 Å². The largest absolute Gasteiger partial charge is 0.421 e. The van der Waals surface area contributed by atoms with E-state index >= 15 is 0 Å². The van der Waals surface area contributed by atoms with Crippen molar-refractivity contribution in [1.82, 2.24) is 0 Å². The molecule has 94 valence electrons. The lowest BCUT2D eigenvalue weighted by Gasteiger charge is -2.20. The quantitative estimate of drug-likeness (QED) is 0.756. The summed E-state index contributed by atoms with van der Waals surface area (Å²) in [6.45, 7) is 14.6. The maximum absolute atomic E-state index is 10.3. The molecule has 0 saturated carbocycles. The van der Waals surface area contributed by atoms with Crippen LogP contribution in [0.5, 0.6) is 0 Å². The van der Waals surface area contributed by atoms with Crippen molar-refractivity contribution in [3.63, 3.8) is 0 Å². The topological polar surface area (TPSA) is 40.5 Å². The SMILES string of the molecule is C=C[Si](O)(C=C)c1ccc([Si](O)(C=C)C=C)cc1. The minimum Gasteiger partial charge on any atom is -0.421 e. The van der Waals surface area contributed by atoms with Crippen LogP contribution in [0.25, 0.3) is 0 Å². The minimum absolute atomic E-state index is 0.792. The van der Waals surface area contributed by atoms with Crippen LogP contribution in [0.1, 0.15) is 0 Å². The van der Waals surface area contributed by atoms with E-state index < -0.39 is 16.6 Å². The molecule has 18 heavy (non-hydrogen) atoms. The molecule has 0 aliphatic heterocycles. The van der Waals surface area contributed by atoms with Gasteiger partial charge >= 0.3 is 0 Å². The zero-order chi connectivity index (χ0) is 13.8. The van der Waals surface area contributed by atoms with Gasteiger partial charge in [0, 0.05) is 0 Å². The molecule has 0 aliphatic carbocycles. The molecule has 1 aromatic rings. The van der Waals surface area contributed by atoms with Crippen LogP contribution in [0.4, 0.5) is 0 Å². The highest BCUT2D eigenvalue weighted by Gasteiger charge is 2.29. The first-order valence-electron chi connectivity index (χ1n) is 5.56. The molecule has 0 bridgehead atoms. The van der Waals surface area contributed by atoms with Crippen LogP contribution >= 0.6 is 0 Å². The molecule has 0 aliphatic rings. The first-order chi connectivity index (χ1) is 8.45. The Bertz CT molecular complexity index is 416. The van der Waals surface area contributed by atoms with Gasteiger partial charge in [0.15, 0.2) is 0 Å². The number of rotatable bonds is 6. The average Bonchev–Trinajstić information content (AvgIpc) is 2.45. The van der Waals surface area contributed by atoms with E-state index in [4.69, 9.17) is 0 Å². The van der Waals surface area contributed by atoms with E-state index in [9.17, 15) is 9.59 Å². The molecule has 0 fully saturated rings. The molecule has 0 saturated heterocycles. The van der Waals surface area contributed by atoms with Gasteiger partial charge in [0.2, 0.25) is 0 Å². The highest BCUT2D eigenvalue weighted by atomic mass is 28.4. The second-order valence-electron chi connectivity index (χ2n) is 4.04. The van der Waals surface area contributed by atoms with Crippen LogP contribution in [0.15, 0.2) is 73.4 Å². The molecule has 2 N–H and O–H groups in total. The average molecular weight is 274 g/mol. The van der Waals surface area contributed by atoms with Gasteiger partial charge in [-0.25, -0.2) is 0 Å². The first-order valence-corrected chi connectivity index (χ1v) is 9.76. The predicted molar refractivity (Wildman–Crippen MR) is 82.4 cm³/mol. The number of hydrogen-bond acceptors (Lipinski definition) is 2. The van der Waals surface area contributed by atoms with Crippen molar-refractivity contribution < 1.29 is 9.59 Å². The zero-order valence-electron chi connectivity index (χ0n) is 10.3. The molecular weight excluding hydrogens is 256 g/mol. The molecule has 0 atom stereocenters. The summed E-state index contributed by atoms with van der Waals surface area (Å²) in [5.74, 6) is 0. The van der Waals surface area contributed by atoms with Gasteiger partial charge in [0.1, 0.15) is 0 Å². The van der Waals surface area contributed by atoms with E-state index in [2.05, 4.69) is 26.3 Å². The van der Waals surface area contributed by atoms with Crippen LogP contribution in [-0.4, -0.2) is 26.2 Å². The minimum atomic E-state index is -2.77. The molecule has 0 aromatic heterocycles. The van der Waals surface area contributed by atoms with Gasteiger partial charge in [0.25, 0.3) is 16.6 Å². The maximum Gasteiger partial charge on any atom is 0.269 e. The number of hydrogen-bond donors (Lipinski definition) is 2. The lowest BCUT2D eigenvalue weighted by Crippen LogP contribution is -2.48. The van der Waals surface area contributed by atoms with Gasteiger partial charge in [-0.2, -0.15) is 0 Å². The molecular formula is C14H18O2Si2. The van der Waals surface area contributed by atoms with Crippen molar-refractivity contribution in [1.29, 1.82) is 0 Å². The second-order valence-corrected chi connectivity index (χ2v) is 10.1. The molecule has 0 amide bonds. The summed E-state index contributed by atoms with van der Waals surface area (Å²) in [6, 6.07) is 7.21. The van der Waals surface area contributed by atoms with Crippen molar-refractivity contribution in [2.24, 2.45) is 0 Å². The summed E-state index contributed by atoms with van der Waals surface area (Å²) in [5.41, 5.74) is 6.22. The lowest BCUT2D eigenvalue weighted by atomic mass is 10.4. The van der Waals surface area contributed by atoms with Gasteiger partial charge in [-0.05, 0) is 10.4 Å². The van der Waals surface area contributed by atoms with E-state index in [1.54, 1.807) is 47.1 Å². The standard InChI is InChI=1S/C14H18O2Si2/c1-5-17(15,6-2)13-9-11-14(12-10-13)18(16,7-3)8-4/h5-12,15-16H,1-4H2. The van der Waals surface area contributed by atoms with Gasteiger partial charge in [-0.15, -0.1) is 26.3 Å². The van der Waals surface area contributed by atoms with Crippen molar-refractivity contribution in [2.45, 2.75) is 0 Å². The molecule has 2 nitrogen and oxygen atoms in total. The number of benzene rings is 1. The Morgan fingerprint density at radius 2 is 0.889 bits per heavy atom. The third kappa shape index (κ3) is 2.52. The van der Waals surface area contributed by atoms with Crippen LogP contribution in [0.3, 0.4) is 0 Å². The Hall–Kier alpha value is -1.47. The van der Waals surface area contributed by atoms with Crippen molar-refractivity contribution >= 4 is 27.0 Å². The second kappa shape index (κ2) is 5.45.